The van der Waals surface area contributed by atoms with E-state index in [1.807, 2.05) is 6.92 Å². The predicted octanol–water partition coefficient (Wildman–Crippen LogP) is 0.823. The molecule has 4 nitrogen and oxygen atoms in total. The summed E-state index contributed by atoms with van der Waals surface area (Å²) in [5.41, 5.74) is 0. The van der Waals surface area contributed by atoms with E-state index < -0.39 is 0 Å². The lowest BCUT2D eigenvalue weighted by Crippen LogP contribution is -2.35. The first kappa shape index (κ1) is 13.5. The maximum Gasteiger partial charge on any atom is 0.309 e. The van der Waals surface area contributed by atoms with Gasteiger partial charge in [-0.05, 0) is 33.0 Å². The van der Waals surface area contributed by atoms with Gasteiger partial charge in [0.2, 0.25) is 0 Å². The summed E-state index contributed by atoms with van der Waals surface area (Å²) in [6, 6.07) is 0. The molecule has 1 saturated heterocycles. The number of nitrogens with zero attached hydrogens (tertiary/aromatic N) is 2. The number of methoxy groups -OCH3 is 1. The molecule has 1 atom stereocenters. The van der Waals surface area contributed by atoms with E-state index >= 15 is 0 Å². The fraction of sp³-hybridized carbons (Fsp3) is 0.917. The normalized spacial score (nSPS) is 19.0. The molecule has 0 aromatic carbocycles. The lowest BCUT2D eigenvalue weighted by molar-refractivity contribution is -0.145. The monoisotopic (exact) mass is 228 g/mol. The Morgan fingerprint density at radius 2 is 2.06 bits per heavy atom. The SMILES string of the molecule is COC(=O)C(C)CN(C)CCN1CCCC1. The summed E-state index contributed by atoms with van der Waals surface area (Å²) in [4.78, 5) is 15.9. The zero-order valence-electron chi connectivity index (χ0n) is 10.7. The van der Waals surface area contributed by atoms with Crippen molar-refractivity contribution < 1.29 is 9.53 Å². The van der Waals surface area contributed by atoms with Crippen molar-refractivity contribution >= 4 is 5.97 Å². The Morgan fingerprint density at radius 1 is 1.44 bits per heavy atom. The summed E-state index contributed by atoms with van der Waals surface area (Å²) in [5, 5.41) is 0. The van der Waals surface area contributed by atoms with Crippen LogP contribution < -0.4 is 0 Å². The predicted molar refractivity (Wildman–Crippen MR) is 64.4 cm³/mol. The first-order valence-electron chi connectivity index (χ1n) is 6.12. The summed E-state index contributed by atoms with van der Waals surface area (Å²) >= 11 is 0. The van der Waals surface area contributed by atoms with Crippen LogP contribution in [0.4, 0.5) is 0 Å². The third kappa shape index (κ3) is 4.49. The highest BCUT2D eigenvalue weighted by molar-refractivity contribution is 5.71. The molecule has 1 rings (SSSR count). The second kappa shape index (κ2) is 6.86. The summed E-state index contributed by atoms with van der Waals surface area (Å²) in [5.74, 6) is -0.151. The minimum atomic E-state index is -0.118. The van der Waals surface area contributed by atoms with Crippen LogP contribution in [-0.4, -0.2) is 62.7 Å². The average molecular weight is 228 g/mol. The van der Waals surface area contributed by atoms with Crippen molar-refractivity contribution in [2.45, 2.75) is 19.8 Å². The number of hydrogen-bond acceptors (Lipinski definition) is 4. The van der Waals surface area contributed by atoms with Gasteiger partial charge in [-0.2, -0.15) is 0 Å². The van der Waals surface area contributed by atoms with Gasteiger partial charge < -0.3 is 14.5 Å². The zero-order chi connectivity index (χ0) is 12.0. The largest absolute Gasteiger partial charge is 0.469 e. The van der Waals surface area contributed by atoms with Crippen molar-refractivity contribution in [1.82, 2.24) is 9.80 Å². The van der Waals surface area contributed by atoms with Gasteiger partial charge in [-0.25, -0.2) is 0 Å². The van der Waals surface area contributed by atoms with Gasteiger partial charge in [0.05, 0.1) is 13.0 Å². The molecular formula is C12H24N2O2. The van der Waals surface area contributed by atoms with Crippen molar-refractivity contribution in [2.24, 2.45) is 5.92 Å². The van der Waals surface area contributed by atoms with Crippen molar-refractivity contribution in [3.05, 3.63) is 0 Å². The van der Waals surface area contributed by atoms with Gasteiger partial charge in [0.1, 0.15) is 0 Å². The molecule has 0 aliphatic carbocycles. The maximum absolute atomic E-state index is 11.2. The van der Waals surface area contributed by atoms with Crippen LogP contribution in [0.25, 0.3) is 0 Å². The van der Waals surface area contributed by atoms with E-state index in [-0.39, 0.29) is 11.9 Å². The molecule has 16 heavy (non-hydrogen) atoms. The van der Waals surface area contributed by atoms with Gasteiger partial charge >= 0.3 is 5.97 Å². The van der Waals surface area contributed by atoms with E-state index in [1.54, 1.807) is 0 Å². The number of ether oxygens (including phenoxy) is 1. The summed E-state index contributed by atoms with van der Waals surface area (Å²) in [6.07, 6.45) is 2.67. The Balaban J connectivity index is 2.14. The second-order valence-electron chi connectivity index (χ2n) is 4.74. The van der Waals surface area contributed by atoms with Crippen molar-refractivity contribution in [1.29, 1.82) is 0 Å². The Bertz CT molecular complexity index is 215. The second-order valence-corrected chi connectivity index (χ2v) is 4.74. The van der Waals surface area contributed by atoms with E-state index in [1.165, 1.54) is 33.0 Å². The Labute approximate surface area is 98.5 Å². The van der Waals surface area contributed by atoms with Crippen LogP contribution in [0, 0.1) is 5.92 Å². The molecule has 1 unspecified atom stereocenters. The van der Waals surface area contributed by atoms with E-state index in [0.29, 0.717) is 0 Å². The number of rotatable bonds is 6. The molecular weight excluding hydrogens is 204 g/mol. The van der Waals surface area contributed by atoms with Crippen LogP contribution in [0.1, 0.15) is 19.8 Å². The van der Waals surface area contributed by atoms with E-state index in [0.717, 1.165) is 19.6 Å². The van der Waals surface area contributed by atoms with Gasteiger partial charge in [0.25, 0.3) is 0 Å². The lowest BCUT2D eigenvalue weighted by atomic mass is 10.2. The summed E-state index contributed by atoms with van der Waals surface area (Å²) in [6.45, 7) is 7.31. The maximum atomic E-state index is 11.2. The van der Waals surface area contributed by atoms with E-state index in [9.17, 15) is 4.79 Å². The van der Waals surface area contributed by atoms with Gasteiger partial charge in [-0.15, -0.1) is 0 Å². The van der Waals surface area contributed by atoms with Crippen LogP contribution in [-0.2, 0) is 9.53 Å². The number of carbonyl (C=O) groups is 1. The highest BCUT2D eigenvalue weighted by Crippen LogP contribution is 2.07. The first-order chi connectivity index (χ1) is 7.63. The van der Waals surface area contributed by atoms with Gasteiger partial charge in [0.15, 0.2) is 0 Å². The highest BCUT2D eigenvalue weighted by atomic mass is 16.5. The Kier molecular flexibility index (Phi) is 5.77. The first-order valence-corrected chi connectivity index (χ1v) is 6.12. The Hall–Kier alpha value is -0.610. The lowest BCUT2D eigenvalue weighted by Gasteiger charge is -2.23. The molecule has 94 valence electrons. The summed E-state index contributed by atoms with van der Waals surface area (Å²) in [7, 11) is 3.51. The molecule has 0 N–H and O–H groups in total. The third-order valence-electron chi connectivity index (χ3n) is 3.19. The number of esters is 1. The van der Waals surface area contributed by atoms with Gasteiger partial charge in [-0.3, -0.25) is 4.79 Å². The summed E-state index contributed by atoms with van der Waals surface area (Å²) < 4.78 is 4.71. The molecule has 0 saturated carbocycles. The van der Waals surface area contributed by atoms with Crippen LogP contribution in [0.15, 0.2) is 0 Å². The number of hydrogen-bond donors (Lipinski definition) is 0. The van der Waals surface area contributed by atoms with Crippen LogP contribution in [0.2, 0.25) is 0 Å². The fourth-order valence-electron chi connectivity index (χ4n) is 2.15. The average Bonchev–Trinajstić information content (AvgIpc) is 2.78. The van der Waals surface area contributed by atoms with Gasteiger partial charge in [0, 0.05) is 19.6 Å². The Morgan fingerprint density at radius 3 is 2.62 bits per heavy atom. The molecule has 0 aromatic heterocycles. The van der Waals surface area contributed by atoms with Gasteiger partial charge in [-0.1, -0.05) is 6.92 Å². The number of carbonyl (C=O) groups excluding carboxylic acids is 1. The minimum absolute atomic E-state index is 0.0337. The molecule has 0 bridgehead atoms. The minimum Gasteiger partial charge on any atom is -0.469 e. The van der Waals surface area contributed by atoms with E-state index in [2.05, 4.69) is 16.8 Å². The fourth-order valence-corrected chi connectivity index (χ4v) is 2.15. The molecule has 1 aliphatic heterocycles. The van der Waals surface area contributed by atoms with Crippen LogP contribution >= 0.6 is 0 Å². The standard InChI is InChI=1S/C12H24N2O2/c1-11(12(15)16-3)10-13(2)8-9-14-6-4-5-7-14/h11H,4-10H2,1-3H3. The third-order valence-corrected chi connectivity index (χ3v) is 3.19. The quantitative estimate of drug-likeness (QED) is 0.630. The molecule has 4 heteroatoms. The molecule has 0 spiro atoms. The topological polar surface area (TPSA) is 32.8 Å². The molecule has 1 fully saturated rings. The molecule has 0 radical (unpaired) electrons. The molecule has 1 heterocycles. The number of likely N-dealkylation sites (N-methyl/N-ethyl adjacent to an activating group) is 1. The van der Waals surface area contributed by atoms with Crippen LogP contribution in [0.5, 0.6) is 0 Å². The zero-order valence-corrected chi connectivity index (χ0v) is 10.7. The molecule has 1 aliphatic rings. The smallest absolute Gasteiger partial charge is 0.309 e. The molecule has 0 aromatic rings. The van der Waals surface area contributed by atoms with Crippen molar-refractivity contribution in [3.63, 3.8) is 0 Å². The van der Waals surface area contributed by atoms with Crippen molar-refractivity contribution in [2.75, 3.05) is 46.9 Å². The van der Waals surface area contributed by atoms with Crippen LogP contribution in [0.3, 0.4) is 0 Å². The van der Waals surface area contributed by atoms with E-state index in [4.69, 9.17) is 4.74 Å². The van der Waals surface area contributed by atoms with Crippen molar-refractivity contribution in [3.8, 4) is 0 Å². The highest BCUT2D eigenvalue weighted by Gasteiger charge is 2.16. The number of likely N-dealkylation sites (tertiary alicyclic amines) is 1. The molecule has 0 amide bonds.